The second kappa shape index (κ2) is 9.63. The molecular weight excluding hydrogens is 404 g/mol. The minimum atomic E-state index is -0.202. The summed E-state index contributed by atoms with van der Waals surface area (Å²) >= 11 is 0. The lowest BCUT2D eigenvalue weighted by molar-refractivity contribution is -0.128. The van der Waals surface area contributed by atoms with Crippen molar-refractivity contribution in [1.29, 1.82) is 0 Å². The van der Waals surface area contributed by atoms with Crippen LogP contribution in [0, 0.1) is 11.3 Å². The van der Waals surface area contributed by atoms with E-state index in [2.05, 4.69) is 5.32 Å². The number of hydrogen-bond acceptors (Lipinski definition) is 4. The topological polar surface area (TPSA) is 67.9 Å². The average molecular weight is 437 g/mol. The zero-order chi connectivity index (χ0) is 22.6. The molecule has 2 aromatic rings. The number of benzene rings is 2. The Morgan fingerprint density at radius 3 is 2.44 bits per heavy atom. The van der Waals surface area contributed by atoms with Gasteiger partial charge in [0.25, 0.3) is 5.91 Å². The first-order chi connectivity index (χ1) is 15.6. The Bertz CT molecular complexity index is 954. The number of nitrogens with one attached hydrogen (secondary N) is 1. The maximum Gasteiger partial charge on any atom is 0.253 e. The standard InChI is InChI=1S/C26H32N2O4/c1-31-22-13-9-12-20(23(22)32-2)16-27-24(29)21-17-28(18-26(21)14-7-4-8-15-26)25(30)19-10-5-3-6-11-19/h3,5-6,9-13,21H,4,7-8,14-18H2,1-2H3,(H,27,29). The molecule has 6 nitrogen and oxygen atoms in total. The van der Waals surface area contributed by atoms with Crippen LogP contribution in [0.5, 0.6) is 11.5 Å². The molecule has 0 bridgehead atoms. The van der Waals surface area contributed by atoms with Crippen LogP contribution in [-0.2, 0) is 11.3 Å². The first-order valence-corrected chi connectivity index (χ1v) is 11.4. The monoisotopic (exact) mass is 436 g/mol. The van der Waals surface area contributed by atoms with Gasteiger partial charge in [0.2, 0.25) is 5.91 Å². The molecular formula is C26H32N2O4. The van der Waals surface area contributed by atoms with Gasteiger partial charge < -0.3 is 19.7 Å². The van der Waals surface area contributed by atoms with Crippen molar-refractivity contribution < 1.29 is 19.1 Å². The number of nitrogens with zero attached hydrogens (tertiary/aromatic N) is 1. The van der Waals surface area contributed by atoms with Crippen LogP contribution in [0.3, 0.4) is 0 Å². The molecule has 2 fully saturated rings. The second-order valence-electron chi connectivity index (χ2n) is 8.90. The predicted octanol–water partition coefficient (Wildman–Crippen LogP) is 4.04. The minimum Gasteiger partial charge on any atom is -0.493 e. The van der Waals surface area contributed by atoms with E-state index in [1.807, 2.05) is 53.4 Å². The Kier molecular flexibility index (Phi) is 6.68. The van der Waals surface area contributed by atoms with Crippen molar-refractivity contribution in [3.05, 3.63) is 59.7 Å². The molecule has 170 valence electrons. The van der Waals surface area contributed by atoms with Crippen molar-refractivity contribution in [2.24, 2.45) is 11.3 Å². The number of amides is 2. The van der Waals surface area contributed by atoms with Crippen LogP contribution >= 0.6 is 0 Å². The maximum atomic E-state index is 13.4. The first-order valence-electron chi connectivity index (χ1n) is 11.4. The van der Waals surface area contributed by atoms with Gasteiger partial charge >= 0.3 is 0 Å². The molecule has 1 heterocycles. The number of carbonyl (C=O) groups excluding carboxylic acids is 2. The van der Waals surface area contributed by atoms with Crippen LogP contribution in [-0.4, -0.2) is 44.0 Å². The molecule has 2 amide bonds. The van der Waals surface area contributed by atoms with Crippen molar-refractivity contribution >= 4 is 11.8 Å². The number of likely N-dealkylation sites (tertiary alicyclic amines) is 1. The lowest BCUT2D eigenvalue weighted by Gasteiger charge is -2.37. The molecule has 2 aromatic carbocycles. The summed E-state index contributed by atoms with van der Waals surface area (Å²) in [7, 11) is 3.20. The normalized spacial score (nSPS) is 19.6. The predicted molar refractivity (Wildman–Crippen MR) is 123 cm³/mol. The molecule has 1 aliphatic heterocycles. The molecule has 1 saturated heterocycles. The SMILES string of the molecule is COc1cccc(CNC(=O)C2CN(C(=O)c3ccccc3)CC23CCCCC3)c1OC. The Balaban J connectivity index is 1.51. The molecule has 0 radical (unpaired) electrons. The summed E-state index contributed by atoms with van der Waals surface area (Å²) in [4.78, 5) is 28.5. The third kappa shape index (κ3) is 4.31. The van der Waals surface area contributed by atoms with Gasteiger partial charge in [0.15, 0.2) is 11.5 Å². The molecule has 4 rings (SSSR count). The fourth-order valence-electron chi connectivity index (χ4n) is 5.41. The van der Waals surface area contributed by atoms with Gasteiger partial charge in [0, 0.05) is 36.2 Å². The summed E-state index contributed by atoms with van der Waals surface area (Å²) < 4.78 is 10.9. The molecule has 1 atom stereocenters. The van der Waals surface area contributed by atoms with Gasteiger partial charge in [0.1, 0.15) is 0 Å². The zero-order valence-electron chi connectivity index (χ0n) is 18.9. The van der Waals surface area contributed by atoms with Gasteiger partial charge in [-0.15, -0.1) is 0 Å². The number of carbonyl (C=O) groups is 2. The fourth-order valence-corrected chi connectivity index (χ4v) is 5.41. The molecule has 1 aliphatic carbocycles. The quantitative estimate of drug-likeness (QED) is 0.742. The fraction of sp³-hybridized carbons (Fsp3) is 0.462. The summed E-state index contributed by atoms with van der Waals surface area (Å²) in [5.74, 6) is 1.10. The Morgan fingerprint density at radius 1 is 1.00 bits per heavy atom. The highest BCUT2D eigenvalue weighted by Gasteiger charge is 2.51. The van der Waals surface area contributed by atoms with E-state index in [9.17, 15) is 9.59 Å². The van der Waals surface area contributed by atoms with Crippen LogP contribution < -0.4 is 14.8 Å². The van der Waals surface area contributed by atoms with Crippen molar-refractivity contribution in [2.45, 2.75) is 38.6 Å². The van der Waals surface area contributed by atoms with Crippen LogP contribution in [0.1, 0.15) is 48.0 Å². The van der Waals surface area contributed by atoms with E-state index in [0.29, 0.717) is 36.7 Å². The molecule has 2 aliphatic rings. The van der Waals surface area contributed by atoms with Gasteiger partial charge in [-0.2, -0.15) is 0 Å². The molecule has 1 saturated carbocycles. The van der Waals surface area contributed by atoms with Crippen LogP contribution in [0.25, 0.3) is 0 Å². The van der Waals surface area contributed by atoms with Gasteiger partial charge in [-0.25, -0.2) is 0 Å². The number of ether oxygens (including phenoxy) is 2. The average Bonchev–Trinajstić information content (AvgIpc) is 3.21. The lowest BCUT2D eigenvalue weighted by Crippen LogP contribution is -2.42. The van der Waals surface area contributed by atoms with Crippen molar-refractivity contribution in [2.75, 3.05) is 27.3 Å². The van der Waals surface area contributed by atoms with E-state index >= 15 is 0 Å². The lowest BCUT2D eigenvalue weighted by atomic mass is 9.67. The first kappa shape index (κ1) is 22.2. The van der Waals surface area contributed by atoms with Gasteiger partial charge in [-0.05, 0) is 31.0 Å². The van der Waals surface area contributed by atoms with E-state index in [0.717, 1.165) is 31.2 Å². The third-order valence-electron chi connectivity index (χ3n) is 7.06. The molecule has 32 heavy (non-hydrogen) atoms. The molecule has 1 unspecified atom stereocenters. The smallest absolute Gasteiger partial charge is 0.253 e. The molecule has 1 spiro atoms. The summed E-state index contributed by atoms with van der Waals surface area (Å²) in [6.45, 7) is 1.48. The minimum absolute atomic E-state index is 0.0140. The summed E-state index contributed by atoms with van der Waals surface area (Å²) in [5, 5.41) is 3.13. The van der Waals surface area contributed by atoms with Crippen LogP contribution in [0.15, 0.2) is 48.5 Å². The van der Waals surface area contributed by atoms with Gasteiger partial charge in [-0.1, -0.05) is 49.6 Å². The highest BCUT2D eigenvalue weighted by molar-refractivity contribution is 5.95. The van der Waals surface area contributed by atoms with Gasteiger partial charge in [-0.3, -0.25) is 9.59 Å². The number of para-hydroxylation sites is 1. The third-order valence-corrected chi connectivity index (χ3v) is 7.06. The van der Waals surface area contributed by atoms with E-state index in [-0.39, 0.29) is 23.1 Å². The van der Waals surface area contributed by atoms with Crippen molar-refractivity contribution in [1.82, 2.24) is 10.2 Å². The zero-order valence-corrected chi connectivity index (χ0v) is 18.9. The summed E-state index contributed by atoms with van der Waals surface area (Å²) in [6, 6.07) is 15.0. The van der Waals surface area contributed by atoms with E-state index in [4.69, 9.17) is 9.47 Å². The van der Waals surface area contributed by atoms with Crippen molar-refractivity contribution in [3.63, 3.8) is 0 Å². The molecule has 1 N–H and O–H groups in total. The Hall–Kier alpha value is -3.02. The largest absolute Gasteiger partial charge is 0.493 e. The second-order valence-corrected chi connectivity index (χ2v) is 8.90. The summed E-state index contributed by atoms with van der Waals surface area (Å²) in [5.41, 5.74) is 1.42. The highest BCUT2D eigenvalue weighted by atomic mass is 16.5. The van der Waals surface area contributed by atoms with Gasteiger partial charge in [0.05, 0.1) is 20.1 Å². The molecule has 0 aromatic heterocycles. The van der Waals surface area contributed by atoms with Crippen LogP contribution in [0.2, 0.25) is 0 Å². The number of hydrogen-bond donors (Lipinski definition) is 1. The van der Waals surface area contributed by atoms with E-state index in [1.165, 1.54) is 6.42 Å². The Morgan fingerprint density at radius 2 is 1.75 bits per heavy atom. The maximum absolute atomic E-state index is 13.4. The molecule has 6 heteroatoms. The van der Waals surface area contributed by atoms with E-state index in [1.54, 1.807) is 14.2 Å². The number of rotatable bonds is 6. The van der Waals surface area contributed by atoms with E-state index < -0.39 is 0 Å². The van der Waals surface area contributed by atoms with Crippen molar-refractivity contribution in [3.8, 4) is 11.5 Å². The Labute approximate surface area is 189 Å². The van der Waals surface area contributed by atoms with Crippen LogP contribution in [0.4, 0.5) is 0 Å². The number of methoxy groups -OCH3 is 2. The highest BCUT2D eigenvalue weighted by Crippen LogP contribution is 2.48. The summed E-state index contributed by atoms with van der Waals surface area (Å²) in [6.07, 6.45) is 5.41.